The van der Waals surface area contributed by atoms with Crippen LogP contribution in [0.1, 0.15) is 32.8 Å². The second-order valence-corrected chi connectivity index (χ2v) is 11.4. The summed E-state index contributed by atoms with van der Waals surface area (Å²) in [7, 11) is -3.57. The summed E-state index contributed by atoms with van der Waals surface area (Å²) in [5, 5.41) is 4.48. The number of rotatable bonds is 3. The Morgan fingerprint density at radius 2 is 1.81 bits per heavy atom. The number of aryl methyl sites for hydroxylation is 2. The summed E-state index contributed by atoms with van der Waals surface area (Å²) >= 11 is 1.52. The Balaban J connectivity index is 1.31. The van der Waals surface area contributed by atoms with Crippen molar-refractivity contribution < 1.29 is 13.2 Å². The van der Waals surface area contributed by atoms with Crippen LogP contribution in [0, 0.1) is 6.92 Å². The number of nitrogens with zero attached hydrogens (tertiary/aromatic N) is 2. The maximum absolute atomic E-state index is 13.3. The lowest BCUT2D eigenvalue weighted by atomic mass is 10.0. The number of hydrogen-bond donors (Lipinski definition) is 1. The van der Waals surface area contributed by atoms with Gasteiger partial charge in [-0.1, -0.05) is 24.3 Å². The number of hydrogen-bond acceptors (Lipinski definition) is 5. The molecule has 32 heavy (non-hydrogen) atoms. The molecule has 3 aromatic rings. The molecule has 1 fully saturated rings. The zero-order chi connectivity index (χ0) is 22.3. The molecule has 0 unspecified atom stereocenters. The Morgan fingerprint density at radius 3 is 2.59 bits per heavy atom. The minimum atomic E-state index is -3.57. The first-order chi connectivity index (χ1) is 15.4. The molecule has 8 heteroatoms. The number of thiophene rings is 1. The largest absolute Gasteiger partial charge is 0.335 e. The van der Waals surface area contributed by atoms with Gasteiger partial charge in [-0.25, -0.2) is 8.42 Å². The van der Waals surface area contributed by atoms with Gasteiger partial charge in [0.1, 0.15) is 0 Å². The smallest absolute Gasteiger partial charge is 0.264 e. The first-order valence-electron chi connectivity index (χ1n) is 11.1. The van der Waals surface area contributed by atoms with Crippen LogP contribution in [0.15, 0.2) is 47.4 Å². The van der Waals surface area contributed by atoms with Crippen molar-refractivity contribution >= 4 is 37.4 Å². The van der Waals surface area contributed by atoms with Crippen LogP contribution >= 0.6 is 11.3 Å². The molecule has 6 nitrogen and oxygen atoms in total. The molecule has 1 aromatic heterocycles. The van der Waals surface area contributed by atoms with Gasteiger partial charge in [0.2, 0.25) is 10.0 Å². The number of sulfonamides is 1. The van der Waals surface area contributed by atoms with E-state index in [-0.39, 0.29) is 5.91 Å². The lowest BCUT2D eigenvalue weighted by Crippen LogP contribution is -2.50. The molecular formula is C24H27N3O3S2. The van der Waals surface area contributed by atoms with Crippen LogP contribution in [-0.4, -0.2) is 56.3 Å². The van der Waals surface area contributed by atoms with Gasteiger partial charge in [-0.05, 0) is 66.6 Å². The summed E-state index contributed by atoms with van der Waals surface area (Å²) in [5.41, 5.74) is 3.30. The van der Waals surface area contributed by atoms with Crippen LogP contribution in [0.5, 0.6) is 0 Å². The highest BCUT2D eigenvalue weighted by atomic mass is 32.2. The molecule has 168 valence electrons. The van der Waals surface area contributed by atoms with Gasteiger partial charge in [-0.15, -0.1) is 11.3 Å². The van der Waals surface area contributed by atoms with Gasteiger partial charge in [0.25, 0.3) is 5.91 Å². The molecule has 1 saturated heterocycles. The SMILES string of the molecule is Cc1c(C(=O)N2CCN(S(=O)(=O)c3ccc4c(c3)CCCNC4)CC2)sc2ccccc12. The molecule has 2 aromatic carbocycles. The number of amides is 1. The minimum absolute atomic E-state index is 0.00159. The van der Waals surface area contributed by atoms with Gasteiger partial charge < -0.3 is 10.2 Å². The summed E-state index contributed by atoms with van der Waals surface area (Å²) in [6.45, 7) is 5.16. The molecule has 2 aliphatic rings. The Labute approximate surface area is 192 Å². The third-order valence-corrected chi connectivity index (χ3v) is 9.65. The molecule has 0 spiro atoms. The number of piperazine rings is 1. The van der Waals surface area contributed by atoms with E-state index in [0.29, 0.717) is 31.1 Å². The second-order valence-electron chi connectivity index (χ2n) is 8.46. The Bertz CT molecular complexity index is 1270. The highest BCUT2D eigenvalue weighted by molar-refractivity contribution is 7.89. The summed E-state index contributed by atoms with van der Waals surface area (Å²) in [6.07, 6.45) is 1.90. The first-order valence-corrected chi connectivity index (χ1v) is 13.3. The fourth-order valence-corrected chi connectivity index (χ4v) is 7.25. The van der Waals surface area contributed by atoms with Gasteiger partial charge in [-0.2, -0.15) is 4.31 Å². The molecule has 0 radical (unpaired) electrons. The quantitative estimate of drug-likeness (QED) is 0.638. The lowest BCUT2D eigenvalue weighted by molar-refractivity contribution is 0.0702. The van der Waals surface area contributed by atoms with Gasteiger partial charge in [0, 0.05) is 37.4 Å². The first kappa shape index (κ1) is 21.6. The number of fused-ring (bicyclic) bond motifs is 2. The van der Waals surface area contributed by atoms with E-state index in [1.54, 1.807) is 11.0 Å². The number of benzene rings is 2. The zero-order valence-corrected chi connectivity index (χ0v) is 19.8. The molecule has 0 bridgehead atoms. The minimum Gasteiger partial charge on any atom is -0.335 e. The normalized spacial score (nSPS) is 17.8. The molecule has 2 aliphatic heterocycles. The van der Waals surface area contributed by atoms with Crippen LogP contribution in [0.2, 0.25) is 0 Å². The van der Waals surface area contributed by atoms with E-state index < -0.39 is 10.0 Å². The van der Waals surface area contributed by atoms with Crippen molar-refractivity contribution in [3.05, 3.63) is 64.0 Å². The van der Waals surface area contributed by atoms with Gasteiger partial charge in [-0.3, -0.25) is 4.79 Å². The van der Waals surface area contributed by atoms with Crippen molar-refractivity contribution in [3.63, 3.8) is 0 Å². The lowest BCUT2D eigenvalue weighted by Gasteiger charge is -2.34. The maximum Gasteiger partial charge on any atom is 0.264 e. The zero-order valence-electron chi connectivity index (χ0n) is 18.1. The third-order valence-electron chi connectivity index (χ3n) is 6.49. The highest BCUT2D eigenvalue weighted by Crippen LogP contribution is 2.32. The summed E-state index contributed by atoms with van der Waals surface area (Å²) < 4.78 is 29.2. The Hall–Kier alpha value is -2.26. The average Bonchev–Trinajstić information content (AvgIpc) is 2.98. The van der Waals surface area contributed by atoms with Crippen LogP contribution in [0.3, 0.4) is 0 Å². The van der Waals surface area contributed by atoms with Crippen LogP contribution < -0.4 is 5.32 Å². The average molecular weight is 470 g/mol. The van der Waals surface area contributed by atoms with Crippen LogP contribution in [0.4, 0.5) is 0 Å². The third kappa shape index (κ3) is 3.85. The molecule has 1 amide bonds. The molecule has 5 rings (SSSR count). The monoisotopic (exact) mass is 469 g/mol. The molecule has 3 heterocycles. The Morgan fingerprint density at radius 1 is 1.03 bits per heavy atom. The molecule has 0 atom stereocenters. The predicted octanol–water partition coefficient (Wildman–Crippen LogP) is 3.39. The van der Waals surface area contributed by atoms with Gasteiger partial charge in [0.15, 0.2) is 0 Å². The topological polar surface area (TPSA) is 69.7 Å². The highest BCUT2D eigenvalue weighted by Gasteiger charge is 2.32. The van der Waals surface area contributed by atoms with E-state index in [0.717, 1.165) is 52.0 Å². The van der Waals surface area contributed by atoms with E-state index in [9.17, 15) is 13.2 Å². The standard InChI is InChI=1S/C24H27N3O3S2/c1-17-21-6-2-3-7-22(21)31-23(17)24(28)26-11-13-27(14-12-26)32(29,30)20-9-8-19-16-25-10-4-5-18(19)15-20/h2-3,6-9,15,25H,4-5,10-14,16H2,1H3. The predicted molar refractivity (Wildman–Crippen MR) is 128 cm³/mol. The van der Waals surface area contributed by atoms with Crippen molar-refractivity contribution in [2.45, 2.75) is 31.2 Å². The van der Waals surface area contributed by atoms with Crippen LogP contribution in [0.25, 0.3) is 10.1 Å². The summed E-state index contributed by atoms with van der Waals surface area (Å²) in [4.78, 5) is 16.1. The van der Waals surface area contributed by atoms with E-state index >= 15 is 0 Å². The molecular weight excluding hydrogens is 442 g/mol. The van der Waals surface area contributed by atoms with E-state index in [2.05, 4.69) is 5.32 Å². The Kier molecular flexibility index (Phi) is 5.79. The second kappa shape index (κ2) is 8.59. The van der Waals surface area contributed by atoms with Crippen molar-refractivity contribution in [2.24, 2.45) is 0 Å². The fourth-order valence-electron chi connectivity index (χ4n) is 4.60. The summed E-state index contributed by atoms with van der Waals surface area (Å²) in [5.74, 6) is -0.00159. The number of carbonyl (C=O) groups is 1. The van der Waals surface area contributed by atoms with Crippen molar-refractivity contribution in [3.8, 4) is 0 Å². The molecule has 0 saturated carbocycles. The van der Waals surface area contributed by atoms with E-state index in [1.165, 1.54) is 21.2 Å². The molecule has 0 aliphatic carbocycles. The van der Waals surface area contributed by atoms with Gasteiger partial charge >= 0.3 is 0 Å². The van der Waals surface area contributed by atoms with E-state index in [4.69, 9.17) is 0 Å². The van der Waals surface area contributed by atoms with Crippen molar-refractivity contribution in [2.75, 3.05) is 32.7 Å². The van der Waals surface area contributed by atoms with Crippen molar-refractivity contribution in [1.29, 1.82) is 0 Å². The number of nitrogens with one attached hydrogen (secondary N) is 1. The maximum atomic E-state index is 13.3. The van der Waals surface area contributed by atoms with Crippen molar-refractivity contribution in [1.82, 2.24) is 14.5 Å². The summed E-state index contributed by atoms with van der Waals surface area (Å²) in [6, 6.07) is 13.5. The van der Waals surface area contributed by atoms with E-state index in [1.807, 2.05) is 43.3 Å². The molecule has 1 N–H and O–H groups in total. The van der Waals surface area contributed by atoms with Crippen LogP contribution in [-0.2, 0) is 23.0 Å². The number of carbonyl (C=O) groups excluding carboxylic acids is 1. The fraction of sp³-hybridized carbons (Fsp3) is 0.375. The van der Waals surface area contributed by atoms with Gasteiger partial charge in [0.05, 0.1) is 9.77 Å².